The van der Waals surface area contributed by atoms with Crippen molar-refractivity contribution in [3.63, 3.8) is 0 Å². The van der Waals surface area contributed by atoms with E-state index >= 15 is 0 Å². The van der Waals surface area contributed by atoms with Crippen LogP contribution in [0.5, 0.6) is 5.75 Å². The standard InChI is InChI=1S/C26H20ClF3N4O3S/c27-20-10-6-19(7-11-20)24-23(18-8-12-21(13-9-18)37-26(28,29)30)14-17(15-32-24)16-33-25(31)34-38(35,36)22-4-2-1-3-5-22/h1-15H,16H2,(H3,31,33,34). The molecule has 12 heteroatoms. The van der Waals surface area contributed by atoms with Crippen molar-refractivity contribution in [2.24, 2.45) is 10.7 Å². The fourth-order valence-corrected chi connectivity index (χ4v) is 4.59. The molecule has 4 rings (SSSR count). The molecule has 0 unspecified atom stereocenters. The van der Waals surface area contributed by atoms with E-state index in [0.717, 1.165) is 5.56 Å². The Morgan fingerprint density at radius 2 is 1.61 bits per heavy atom. The number of aliphatic imine (C=N–C) groups is 1. The number of hydrogen-bond donors (Lipinski definition) is 2. The van der Waals surface area contributed by atoms with Gasteiger partial charge < -0.3 is 10.5 Å². The number of ether oxygens (including phenoxy) is 1. The second kappa shape index (κ2) is 11.1. The summed E-state index contributed by atoms with van der Waals surface area (Å²) in [5.74, 6) is -0.674. The van der Waals surface area contributed by atoms with Crippen LogP contribution in [0, 0.1) is 0 Å². The number of pyridine rings is 1. The van der Waals surface area contributed by atoms with E-state index in [1.54, 1.807) is 54.7 Å². The van der Waals surface area contributed by atoms with E-state index in [1.807, 2.05) is 0 Å². The zero-order valence-electron chi connectivity index (χ0n) is 19.5. The third-order valence-electron chi connectivity index (χ3n) is 5.19. The minimum absolute atomic E-state index is 0.0146. The number of guanidine groups is 1. The Bertz CT molecular complexity index is 1550. The lowest BCUT2D eigenvalue weighted by Gasteiger charge is -2.13. The van der Waals surface area contributed by atoms with Crippen LogP contribution in [-0.4, -0.2) is 25.7 Å². The largest absolute Gasteiger partial charge is 0.573 e. The number of aromatic nitrogens is 1. The number of halogens is 4. The average molecular weight is 561 g/mol. The Labute approximate surface area is 221 Å². The maximum atomic E-state index is 12.6. The molecule has 0 aliphatic heterocycles. The van der Waals surface area contributed by atoms with Crippen molar-refractivity contribution in [3.05, 3.63) is 102 Å². The predicted octanol–water partition coefficient (Wildman–Crippen LogP) is 5.76. The van der Waals surface area contributed by atoms with Crippen molar-refractivity contribution in [1.82, 2.24) is 9.71 Å². The molecular formula is C26H20ClF3N4O3S. The maximum Gasteiger partial charge on any atom is 0.573 e. The molecule has 196 valence electrons. The number of hydrogen-bond acceptors (Lipinski definition) is 5. The fraction of sp³-hybridized carbons (Fsp3) is 0.0769. The van der Waals surface area contributed by atoms with Crippen molar-refractivity contribution in [2.75, 3.05) is 0 Å². The fourth-order valence-electron chi connectivity index (χ4n) is 3.49. The van der Waals surface area contributed by atoms with Gasteiger partial charge in [-0.15, -0.1) is 13.2 Å². The van der Waals surface area contributed by atoms with Gasteiger partial charge in [-0.3, -0.25) is 4.98 Å². The Morgan fingerprint density at radius 3 is 2.24 bits per heavy atom. The summed E-state index contributed by atoms with van der Waals surface area (Å²) in [7, 11) is -3.90. The Hall–Kier alpha value is -4.09. The molecule has 0 radical (unpaired) electrons. The zero-order valence-corrected chi connectivity index (χ0v) is 21.1. The molecule has 1 aromatic heterocycles. The maximum absolute atomic E-state index is 12.6. The third kappa shape index (κ3) is 7.02. The molecule has 0 aliphatic rings. The van der Waals surface area contributed by atoms with Crippen LogP contribution < -0.4 is 15.2 Å². The van der Waals surface area contributed by atoms with Gasteiger partial charge in [0.1, 0.15) is 5.75 Å². The lowest BCUT2D eigenvalue weighted by atomic mass is 9.98. The molecule has 0 aliphatic carbocycles. The molecule has 0 amide bonds. The predicted molar refractivity (Wildman–Crippen MR) is 139 cm³/mol. The van der Waals surface area contributed by atoms with Gasteiger partial charge in [-0.1, -0.05) is 54.1 Å². The van der Waals surface area contributed by atoms with Crippen molar-refractivity contribution >= 4 is 27.6 Å². The van der Waals surface area contributed by atoms with Gasteiger partial charge in [-0.2, -0.15) is 0 Å². The van der Waals surface area contributed by atoms with Crippen molar-refractivity contribution in [1.29, 1.82) is 0 Å². The molecule has 38 heavy (non-hydrogen) atoms. The lowest BCUT2D eigenvalue weighted by Crippen LogP contribution is -2.36. The summed E-state index contributed by atoms with van der Waals surface area (Å²) in [5, 5.41) is 0.531. The summed E-state index contributed by atoms with van der Waals surface area (Å²) in [4.78, 5) is 8.68. The summed E-state index contributed by atoms with van der Waals surface area (Å²) in [6.45, 7) is -0.0146. The first-order chi connectivity index (χ1) is 18.0. The molecule has 3 N–H and O–H groups in total. The van der Waals surface area contributed by atoms with E-state index in [2.05, 4.69) is 19.4 Å². The molecule has 0 bridgehead atoms. The van der Waals surface area contributed by atoms with Gasteiger partial charge in [0.15, 0.2) is 0 Å². The molecule has 0 saturated carbocycles. The molecule has 7 nitrogen and oxygen atoms in total. The van der Waals surface area contributed by atoms with E-state index in [0.29, 0.717) is 27.4 Å². The molecule has 0 spiro atoms. The molecule has 1 heterocycles. The van der Waals surface area contributed by atoms with Gasteiger partial charge in [0, 0.05) is 22.3 Å². The van der Waals surface area contributed by atoms with E-state index in [9.17, 15) is 21.6 Å². The number of sulfonamides is 1. The molecule has 0 saturated heterocycles. The topological polar surface area (TPSA) is 107 Å². The van der Waals surface area contributed by atoms with Crippen LogP contribution in [0.25, 0.3) is 22.4 Å². The van der Waals surface area contributed by atoms with Crippen LogP contribution in [-0.2, 0) is 16.6 Å². The number of alkyl halides is 3. The van der Waals surface area contributed by atoms with Crippen LogP contribution >= 0.6 is 11.6 Å². The highest BCUT2D eigenvalue weighted by atomic mass is 35.5. The van der Waals surface area contributed by atoms with Gasteiger partial charge in [-0.25, -0.2) is 18.1 Å². The SMILES string of the molecule is NC(=NCc1cnc(-c2ccc(Cl)cc2)c(-c2ccc(OC(F)(F)F)cc2)c1)NS(=O)(=O)c1ccccc1. The molecular weight excluding hydrogens is 541 g/mol. The van der Waals surface area contributed by atoms with E-state index in [4.69, 9.17) is 17.3 Å². The van der Waals surface area contributed by atoms with Gasteiger partial charge in [-0.05, 0) is 53.6 Å². The normalized spacial score (nSPS) is 12.3. The van der Waals surface area contributed by atoms with Crippen LogP contribution in [0.1, 0.15) is 5.56 Å². The second-order valence-corrected chi connectivity index (χ2v) is 10.1. The number of rotatable bonds is 7. The summed E-state index contributed by atoms with van der Waals surface area (Å²) in [5.41, 5.74) is 8.84. The van der Waals surface area contributed by atoms with Crippen LogP contribution in [0.3, 0.4) is 0 Å². The highest BCUT2D eigenvalue weighted by Crippen LogP contribution is 2.33. The zero-order chi connectivity index (χ0) is 27.3. The van der Waals surface area contributed by atoms with Crippen LogP contribution in [0.4, 0.5) is 13.2 Å². The first-order valence-electron chi connectivity index (χ1n) is 11.0. The highest BCUT2D eigenvalue weighted by molar-refractivity contribution is 7.90. The Kier molecular flexibility index (Phi) is 7.88. The van der Waals surface area contributed by atoms with E-state index in [1.165, 1.54) is 36.4 Å². The second-order valence-electron chi connectivity index (χ2n) is 7.94. The minimum Gasteiger partial charge on any atom is -0.406 e. The smallest absolute Gasteiger partial charge is 0.406 e. The minimum atomic E-state index is -4.81. The number of nitrogens with zero attached hydrogens (tertiary/aromatic N) is 2. The third-order valence-corrected chi connectivity index (χ3v) is 6.81. The van der Waals surface area contributed by atoms with Crippen molar-refractivity contribution in [2.45, 2.75) is 17.8 Å². The summed E-state index contributed by atoms with van der Waals surface area (Å²) in [6.07, 6.45) is -3.26. The lowest BCUT2D eigenvalue weighted by molar-refractivity contribution is -0.274. The van der Waals surface area contributed by atoms with E-state index in [-0.39, 0.29) is 23.1 Å². The number of benzene rings is 3. The van der Waals surface area contributed by atoms with Crippen molar-refractivity contribution in [3.8, 4) is 28.1 Å². The Balaban J connectivity index is 1.63. The van der Waals surface area contributed by atoms with E-state index < -0.39 is 16.4 Å². The van der Waals surface area contributed by atoms with Gasteiger partial charge in [0.05, 0.1) is 17.1 Å². The monoisotopic (exact) mass is 560 g/mol. The van der Waals surface area contributed by atoms with Crippen LogP contribution in [0.15, 0.2) is 101 Å². The Morgan fingerprint density at radius 1 is 0.974 bits per heavy atom. The molecule has 4 aromatic rings. The highest BCUT2D eigenvalue weighted by Gasteiger charge is 2.31. The summed E-state index contributed by atoms with van der Waals surface area (Å²) in [6, 6.07) is 21.7. The number of nitrogens with two attached hydrogens (primary N) is 1. The quantitative estimate of drug-likeness (QED) is 0.221. The van der Waals surface area contributed by atoms with Gasteiger partial charge in [0.25, 0.3) is 10.0 Å². The summed E-state index contributed by atoms with van der Waals surface area (Å²) < 4.78 is 68.8. The van der Waals surface area contributed by atoms with Gasteiger partial charge in [0.2, 0.25) is 5.96 Å². The molecule has 0 fully saturated rings. The first-order valence-corrected chi connectivity index (χ1v) is 12.9. The average Bonchev–Trinajstić information content (AvgIpc) is 2.88. The van der Waals surface area contributed by atoms with Crippen molar-refractivity contribution < 1.29 is 26.3 Å². The summed E-state index contributed by atoms with van der Waals surface area (Å²) >= 11 is 6.01. The number of nitrogens with one attached hydrogen (secondary N) is 1. The molecule has 3 aromatic carbocycles. The van der Waals surface area contributed by atoms with Crippen LogP contribution in [0.2, 0.25) is 5.02 Å². The van der Waals surface area contributed by atoms with Gasteiger partial charge >= 0.3 is 6.36 Å². The molecule has 0 atom stereocenters. The first kappa shape index (κ1) is 27.0.